The quantitative estimate of drug-likeness (QED) is 0.719. The molecule has 0 unspecified atom stereocenters. The van der Waals surface area contributed by atoms with Crippen molar-refractivity contribution >= 4 is 44.7 Å². The molecule has 0 spiro atoms. The summed E-state index contributed by atoms with van der Waals surface area (Å²) >= 11 is 10.4. The van der Waals surface area contributed by atoms with Gasteiger partial charge in [-0.1, -0.05) is 17.7 Å². The van der Waals surface area contributed by atoms with Gasteiger partial charge in [-0.15, -0.1) is 11.3 Å². The van der Waals surface area contributed by atoms with E-state index in [9.17, 15) is 9.18 Å². The zero-order valence-corrected chi connectivity index (χ0v) is 11.9. The molecule has 0 aliphatic rings. The molecule has 88 valence electrons. The first-order valence-electron chi connectivity index (χ1n) is 4.74. The van der Waals surface area contributed by atoms with Gasteiger partial charge in [-0.25, -0.2) is 4.39 Å². The first-order valence-corrected chi connectivity index (χ1v) is 6.73. The van der Waals surface area contributed by atoms with Gasteiger partial charge in [0.15, 0.2) is 0 Å². The Morgan fingerprint density at radius 2 is 2.12 bits per heavy atom. The molecule has 0 fully saturated rings. The lowest BCUT2D eigenvalue weighted by molar-refractivity contribution is 0.104. The van der Waals surface area contributed by atoms with E-state index in [1.165, 1.54) is 23.5 Å². The van der Waals surface area contributed by atoms with Crippen LogP contribution in [0.5, 0.6) is 0 Å². The number of carbonyl (C=O) groups is 1. The highest BCUT2D eigenvalue weighted by Gasteiger charge is 2.16. The van der Waals surface area contributed by atoms with Crippen LogP contribution in [0.15, 0.2) is 28.1 Å². The van der Waals surface area contributed by atoms with Gasteiger partial charge in [0.05, 0.1) is 13.7 Å². The predicted octanol–water partition coefficient (Wildman–Crippen LogP) is 4.84. The van der Waals surface area contributed by atoms with E-state index in [1.54, 1.807) is 19.1 Å². The van der Waals surface area contributed by atoms with Crippen LogP contribution < -0.4 is 0 Å². The zero-order valence-electron chi connectivity index (χ0n) is 8.76. The largest absolute Gasteiger partial charge is 0.288 e. The smallest absolute Gasteiger partial charge is 0.203 e. The monoisotopic (exact) mass is 332 g/mol. The lowest BCUT2D eigenvalue weighted by atomic mass is 10.0. The summed E-state index contributed by atoms with van der Waals surface area (Å²) in [6.45, 7) is 1.77. The number of aryl methyl sites for hydroxylation is 1. The highest BCUT2D eigenvalue weighted by Crippen LogP contribution is 2.33. The van der Waals surface area contributed by atoms with Crippen LogP contribution in [-0.2, 0) is 0 Å². The highest BCUT2D eigenvalue weighted by atomic mass is 79.9. The lowest BCUT2D eigenvalue weighted by Crippen LogP contribution is -2.02. The summed E-state index contributed by atoms with van der Waals surface area (Å²) in [5.74, 6) is -0.625. The minimum atomic E-state index is -0.416. The van der Waals surface area contributed by atoms with Crippen molar-refractivity contribution < 1.29 is 9.18 Å². The van der Waals surface area contributed by atoms with Crippen LogP contribution in [0.1, 0.15) is 20.8 Å². The number of carbonyl (C=O) groups excluding carboxylic acids is 1. The molecule has 0 radical (unpaired) electrons. The molecule has 0 N–H and O–H groups in total. The maximum atomic E-state index is 13.1. The minimum absolute atomic E-state index is 0.209. The van der Waals surface area contributed by atoms with Crippen molar-refractivity contribution in [2.24, 2.45) is 0 Å². The number of hydrogen-bond donors (Lipinski definition) is 0. The van der Waals surface area contributed by atoms with E-state index in [4.69, 9.17) is 11.6 Å². The molecule has 1 aromatic heterocycles. The predicted molar refractivity (Wildman–Crippen MR) is 71.6 cm³/mol. The fraction of sp³-hybridized carbons (Fsp3) is 0.0833. The highest BCUT2D eigenvalue weighted by molar-refractivity contribution is 9.11. The third kappa shape index (κ3) is 2.59. The Morgan fingerprint density at radius 1 is 1.41 bits per heavy atom. The van der Waals surface area contributed by atoms with Crippen LogP contribution in [0.3, 0.4) is 0 Å². The van der Waals surface area contributed by atoms with Crippen molar-refractivity contribution in [2.45, 2.75) is 6.92 Å². The SMILES string of the molecule is Cc1ccc(F)cc1C(=O)c1cc(Cl)c(Br)s1. The molecule has 0 saturated carbocycles. The Balaban J connectivity index is 2.47. The van der Waals surface area contributed by atoms with E-state index >= 15 is 0 Å². The van der Waals surface area contributed by atoms with Crippen molar-refractivity contribution in [2.75, 3.05) is 0 Å². The van der Waals surface area contributed by atoms with Gasteiger partial charge in [0.25, 0.3) is 0 Å². The number of halogens is 3. The average molecular weight is 334 g/mol. The molecule has 5 heteroatoms. The Bertz CT molecular complexity index is 575. The first-order chi connectivity index (χ1) is 7.99. The summed E-state index contributed by atoms with van der Waals surface area (Å²) in [5.41, 5.74) is 1.12. The molecule has 1 aromatic carbocycles. The lowest BCUT2D eigenvalue weighted by Gasteiger charge is -2.02. The minimum Gasteiger partial charge on any atom is -0.288 e. The first kappa shape index (κ1) is 12.7. The molecule has 17 heavy (non-hydrogen) atoms. The molecule has 1 heterocycles. The van der Waals surface area contributed by atoms with E-state index in [1.807, 2.05) is 0 Å². The molecule has 2 aromatic rings. The van der Waals surface area contributed by atoms with Gasteiger partial charge in [0.1, 0.15) is 5.82 Å². The summed E-state index contributed by atoms with van der Waals surface area (Å²) in [7, 11) is 0. The van der Waals surface area contributed by atoms with E-state index < -0.39 is 5.82 Å². The maximum absolute atomic E-state index is 13.1. The Labute approximate surface area is 115 Å². The summed E-state index contributed by atoms with van der Waals surface area (Å²) in [5, 5.41) is 0.493. The molecule has 0 atom stereocenters. The average Bonchev–Trinajstić information content (AvgIpc) is 2.62. The summed E-state index contributed by atoms with van der Waals surface area (Å²) < 4.78 is 13.8. The topological polar surface area (TPSA) is 17.1 Å². The van der Waals surface area contributed by atoms with Crippen LogP contribution in [-0.4, -0.2) is 5.78 Å². The Hall–Kier alpha value is -0.710. The summed E-state index contributed by atoms with van der Waals surface area (Å²) in [4.78, 5) is 12.6. The molecule has 2 rings (SSSR count). The van der Waals surface area contributed by atoms with Gasteiger partial charge >= 0.3 is 0 Å². The van der Waals surface area contributed by atoms with Crippen molar-refractivity contribution in [1.29, 1.82) is 0 Å². The van der Waals surface area contributed by atoms with E-state index in [2.05, 4.69) is 15.9 Å². The zero-order chi connectivity index (χ0) is 12.6. The molecule has 0 amide bonds. The molecular formula is C12H7BrClFOS. The fourth-order valence-electron chi connectivity index (χ4n) is 1.43. The molecular weight excluding hydrogens is 327 g/mol. The third-order valence-corrected chi connectivity index (χ3v) is 4.79. The summed E-state index contributed by atoms with van der Waals surface area (Å²) in [6, 6.07) is 5.76. The van der Waals surface area contributed by atoms with E-state index in [-0.39, 0.29) is 5.78 Å². The second-order valence-corrected chi connectivity index (χ2v) is 6.30. The van der Waals surface area contributed by atoms with Gasteiger partial charge < -0.3 is 0 Å². The van der Waals surface area contributed by atoms with Crippen LogP contribution in [0.2, 0.25) is 5.02 Å². The molecule has 0 bridgehead atoms. The van der Waals surface area contributed by atoms with Gasteiger partial charge in [-0.2, -0.15) is 0 Å². The number of rotatable bonds is 2. The van der Waals surface area contributed by atoms with Crippen LogP contribution >= 0.6 is 38.9 Å². The van der Waals surface area contributed by atoms with Gasteiger partial charge in [0.2, 0.25) is 5.78 Å². The second kappa shape index (κ2) is 4.88. The number of benzene rings is 1. The normalized spacial score (nSPS) is 10.6. The van der Waals surface area contributed by atoms with E-state index in [0.717, 1.165) is 5.56 Å². The van der Waals surface area contributed by atoms with Gasteiger partial charge in [-0.3, -0.25) is 4.79 Å². The van der Waals surface area contributed by atoms with Crippen LogP contribution in [0.25, 0.3) is 0 Å². The van der Waals surface area contributed by atoms with Gasteiger partial charge in [0, 0.05) is 5.56 Å². The standard InChI is InChI=1S/C12H7BrClFOS/c1-6-2-3-7(15)4-8(6)11(16)10-5-9(14)12(13)17-10/h2-5H,1H3. The molecule has 0 saturated heterocycles. The third-order valence-electron chi connectivity index (χ3n) is 2.31. The summed E-state index contributed by atoms with van der Waals surface area (Å²) in [6.07, 6.45) is 0. The number of thiophene rings is 1. The molecule has 1 nitrogen and oxygen atoms in total. The van der Waals surface area contributed by atoms with Gasteiger partial charge in [-0.05, 0) is 46.6 Å². The van der Waals surface area contributed by atoms with Crippen molar-refractivity contribution in [1.82, 2.24) is 0 Å². The van der Waals surface area contributed by atoms with Crippen LogP contribution in [0, 0.1) is 12.7 Å². The van der Waals surface area contributed by atoms with Crippen molar-refractivity contribution in [3.63, 3.8) is 0 Å². The Kier molecular flexibility index (Phi) is 3.66. The van der Waals surface area contributed by atoms with Crippen LogP contribution in [0.4, 0.5) is 4.39 Å². The number of hydrogen-bond acceptors (Lipinski definition) is 2. The molecule has 0 aliphatic carbocycles. The number of ketones is 1. The van der Waals surface area contributed by atoms with E-state index in [0.29, 0.717) is 19.2 Å². The molecule has 0 aliphatic heterocycles. The fourth-order valence-corrected chi connectivity index (χ4v) is 3.09. The van der Waals surface area contributed by atoms with Crippen molar-refractivity contribution in [3.8, 4) is 0 Å². The Morgan fingerprint density at radius 3 is 2.71 bits per heavy atom. The maximum Gasteiger partial charge on any atom is 0.203 e. The second-order valence-electron chi connectivity index (χ2n) is 3.52. The van der Waals surface area contributed by atoms with Crippen molar-refractivity contribution in [3.05, 3.63) is 54.9 Å².